The Hall–Kier alpha value is -6.69. The summed E-state index contributed by atoms with van der Waals surface area (Å²) in [6.45, 7) is 15.1. The number of hydrogen-bond donors (Lipinski definition) is 8. The van der Waals surface area contributed by atoms with Gasteiger partial charge in [0.05, 0.1) is 0 Å². The van der Waals surface area contributed by atoms with Crippen molar-refractivity contribution in [2.75, 3.05) is 19.6 Å². The van der Waals surface area contributed by atoms with Gasteiger partial charge in [0, 0.05) is 72.6 Å². The van der Waals surface area contributed by atoms with E-state index in [2.05, 4.69) is 67.3 Å². The molecule has 0 aromatic heterocycles. The van der Waals surface area contributed by atoms with Crippen molar-refractivity contribution in [3.8, 4) is 28.2 Å². The number of fused-ring (bicyclic) bond motifs is 7. The van der Waals surface area contributed by atoms with Gasteiger partial charge in [-0.2, -0.15) is 0 Å². The monoisotopic (exact) mass is 1140 g/mol. The molecule has 18 heteroatoms. The number of nitrogens with one attached hydrogen (secondary N) is 5. The number of phenols is 1. The third-order valence-electron chi connectivity index (χ3n) is 19.2. The summed E-state index contributed by atoms with van der Waals surface area (Å²) in [5.74, 6) is -3.51. The molecule has 10 atom stereocenters. The lowest BCUT2D eigenvalue weighted by Gasteiger charge is -2.58. The van der Waals surface area contributed by atoms with Crippen molar-refractivity contribution in [2.45, 2.75) is 169 Å². The molecule has 0 unspecified atom stereocenters. The molecule has 6 aliphatic rings. The Kier molecular flexibility index (Phi) is 19.7. The maximum atomic E-state index is 14.8. The van der Waals surface area contributed by atoms with Gasteiger partial charge in [-0.1, -0.05) is 71.6 Å². The first kappa shape index (κ1) is 61.4. The first-order valence-corrected chi connectivity index (χ1v) is 29.7. The van der Waals surface area contributed by atoms with E-state index in [0.29, 0.717) is 35.5 Å². The van der Waals surface area contributed by atoms with Crippen molar-refractivity contribution in [3.05, 3.63) is 87.1 Å². The fourth-order valence-electron chi connectivity index (χ4n) is 14.9. The summed E-state index contributed by atoms with van der Waals surface area (Å²) in [5.41, 5.74) is 2.45. The minimum atomic E-state index is -1.52. The molecule has 16 nitrogen and oxygen atoms in total. The SMILES string of the molecule is Cc1cc(C(=O)N[C@@H](CCC(=O)O)C(=O)N[C@@H](CCC(=O)O)C(=O)NCCC(=O)NCCCN[C@H]2CC[C@@]3(C)C(=CC[C@H]4[C@@H]5CC[C@H]([C@H](C)CCCC(C)C)[C@@]5(C)CC[C@@H]43)C2)ccc1-c1c2cc(F)c(=O)cc-2oc2cc(O)c(F)cc12. The van der Waals surface area contributed by atoms with Gasteiger partial charge in [-0.25, -0.2) is 8.78 Å². The summed E-state index contributed by atoms with van der Waals surface area (Å²) < 4.78 is 35.2. The van der Waals surface area contributed by atoms with E-state index in [4.69, 9.17) is 4.42 Å². The van der Waals surface area contributed by atoms with Crippen molar-refractivity contribution in [2.24, 2.45) is 46.3 Å². The number of carbonyl (C=O) groups is 6. The van der Waals surface area contributed by atoms with Crippen molar-refractivity contribution in [1.29, 1.82) is 0 Å². The number of aryl methyl sites for hydroxylation is 1. The number of halogens is 2. The number of carbonyl (C=O) groups excluding carboxylic acids is 4. The summed E-state index contributed by atoms with van der Waals surface area (Å²) in [6, 6.07) is 5.56. The molecule has 8 rings (SSSR count). The van der Waals surface area contributed by atoms with Crippen molar-refractivity contribution >= 4 is 46.5 Å². The molecule has 0 radical (unpaired) electrons. The number of carboxylic acids is 2. The average molecular weight is 1140 g/mol. The third kappa shape index (κ3) is 13.9. The normalized spacial score (nSPS) is 24.1. The summed E-state index contributed by atoms with van der Waals surface area (Å²) in [7, 11) is 0. The number of amides is 4. The molecular formula is C64H83F2N5O11. The second-order valence-electron chi connectivity index (χ2n) is 25.0. The molecule has 0 bridgehead atoms. The summed E-state index contributed by atoms with van der Waals surface area (Å²) in [4.78, 5) is 89.5. The Balaban J connectivity index is 0.804. The number of hydrogen-bond acceptors (Lipinski definition) is 10. The fraction of sp³-hybridized carbons (Fsp3) is 0.578. The fourth-order valence-corrected chi connectivity index (χ4v) is 14.9. The van der Waals surface area contributed by atoms with Crippen molar-refractivity contribution in [3.63, 3.8) is 0 Å². The molecular weight excluding hydrogens is 1050 g/mol. The molecule has 2 aromatic carbocycles. The highest BCUT2D eigenvalue weighted by Crippen LogP contribution is 2.67. The minimum absolute atomic E-state index is 0.0114. The van der Waals surface area contributed by atoms with E-state index in [1.54, 1.807) is 12.5 Å². The molecule has 82 heavy (non-hydrogen) atoms. The Morgan fingerprint density at radius 1 is 0.744 bits per heavy atom. The number of phenolic OH excluding ortho intramolecular Hbond substituents is 1. The van der Waals surface area contributed by atoms with Crippen LogP contribution in [0.1, 0.15) is 160 Å². The topological polar surface area (TPSA) is 253 Å². The number of carboxylic acid groups (broad SMARTS) is 2. The zero-order valence-corrected chi connectivity index (χ0v) is 48.3. The van der Waals surface area contributed by atoms with Gasteiger partial charge in [0.25, 0.3) is 5.91 Å². The van der Waals surface area contributed by atoms with Crippen LogP contribution in [-0.2, 0) is 24.0 Å². The van der Waals surface area contributed by atoms with Crippen LogP contribution in [0.25, 0.3) is 33.4 Å². The second kappa shape index (κ2) is 26.3. The minimum Gasteiger partial charge on any atom is -0.505 e. The zero-order chi connectivity index (χ0) is 59.2. The molecule has 4 amide bonds. The Labute approximate surface area is 478 Å². The maximum Gasteiger partial charge on any atom is 0.303 e. The predicted octanol–water partition coefficient (Wildman–Crippen LogP) is 10.2. The largest absolute Gasteiger partial charge is 0.505 e. The molecule has 0 saturated heterocycles. The average Bonchev–Trinajstić information content (AvgIpc) is 3.69. The van der Waals surface area contributed by atoms with Crippen LogP contribution in [0.5, 0.6) is 5.75 Å². The summed E-state index contributed by atoms with van der Waals surface area (Å²) >= 11 is 0. The van der Waals surface area contributed by atoms with Crippen LogP contribution in [0.2, 0.25) is 0 Å². The highest BCUT2D eigenvalue weighted by molar-refractivity contribution is 6.04. The van der Waals surface area contributed by atoms with E-state index in [1.807, 2.05) is 0 Å². The van der Waals surface area contributed by atoms with Gasteiger partial charge in [-0.3, -0.25) is 33.6 Å². The number of benzene rings is 3. The smallest absolute Gasteiger partial charge is 0.303 e. The Bertz CT molecular complexity index is 3100. The van der Waals surface area contributed by atoms with Crippen LogP contribution in [0.15, 0.2) is 63.3 Å². The predicted molar refractivity (Wildman–Crippen MR) is 308 cm³/mol. The van der Waals surface area contributed by atoms with E-state index < -0.39 is 83.8 Å². The van der Waals surface area contributed by atoms with Gasteiger partial charge in [-0.05, 0) is 166 Å². The highest BCUT2D eigenvalue weighted by Gasteiger charge is 2.59. The highest BCUT2D eigenvalue weighted by atomic mass is 19.1. The zero-order valence-electron chi connectivity index (χ0n) is 48.3. The van der Waals surface area contributed by atoms with Crippen molar-refractivity contribution < 1.29 is 57.3 Å². The summed E-state index contributed by atoms with van der Waals surface area (Å²) in [6.07, 6.45) is 15.5. The molecule has 2 aromatic rings. The lowest BCUT2D eigenvalue weighted by atomic mass is 9.47. The van der Waals surface area contributed by atoms with E-state index in [0.717, 1.165) is 79.2 Å². The van der Waals surface area contributed by atoms with E-state index >= 15 is 0 Å². The molecule has 1 aliphatic heterocycles. The van der Waals surface area contributed by atoms with E-state index in [9.17, 15) is 57.7 Å². The van der Waals surface area contributed by atoms with Gasteiger partial charge in [0.2, 0.25) is 23.2 Å². The number of allylic oxidation sites excluding steroid dienone is 1. The van der Waals surface area contributed by atoms with Crippen LogP contribution in [0, 0.1) is 64.9 Å². The van der Waals surface area contributed by atoms with Crippen LogP contribution in [-0.4, -0.2) is 88.6 Å². The molecule has 3 fully saturated rings. The van der Waals surface area contributed by atoms with E-state index in [1.165, 1.54) is 76.0 Å². The molecule has 3 saturated carbocycles. The van der Waals surface area contributed by atoms with E-state index in [-0.39, 0.29) is 64.1 Å². The number of rotatable bonds is 25. The maximum absolute atomic E-state index is 14.8. The standard InChI is InChI=1S/C64H83F2N5O11/c1-35(2)9-7-10-36(3)45-15-16-46-42-14-12-39-30-40(21-24-63(39,5)47(42)22-25-64(45,46)6)67-26-8-27-68-56(74)23-28-69-61(80)50(17-19-57(75)76)71-62(81)51(18-20-58(77)78)70-60(79)38-11-13-41(37(4)29-38)59-43-31-48(65)52(72)33-54(43)82-55-34-53(73)49(66)32-44(55)59/h11-13,29,31-36,40,42,45-47,50-51,67,72H,7-10,14-28,30H2,1-6H3,(H,68,74)(H,69,80)(H,70,79)(H,71,81)(H,75,76)(H,77,78)/t36-,40+,42+,45-,46+,47+,50+,51+,63+,64-/m1/s1. The second-order valence-corrected chi connectivity index (χ2v) is 25.0. The van der Waals surface area contributed by atoms with Crippen LogP contribution >= 0.6 is 0 Å². The first-order chi connectivity index (χ1) is 39.0. The number of aromatic hydroxyl groups is 1. The molecule has 1 heterocycles. The van der Waals surface area contributed by atoms with Gasteiger partial charge in [-0.15, -0.1) is 0 Å². The molecule has 8 N–H and O–H groups in total. The quantitative estimate of drug-likeness (QED) is 0.0175. The number of aliphatic carboxylic acids is 2. The molecule has 0 spiro atoms. The van der Waals surface area contributed by atoms with Crippen molar-refractivity contribution in [1.82, 2.24) is 26.6 Å². The van der Waals surface area contributed by atoms with Crippen LogP contribution < -0.4 is 32.0 Å². The third-order valence-corrected chi connectivity index (χ3v) is 19.2. The van der Waals surface area contributed by atoms with Gasteiger partial charge >= 0.3 is 11.9 Å². The Morgan fingerprint density at radius 2 is 1.48 bits per heavy atom. The van der Waals surface area contributed by atoms with Crippen LogP contribution in [0.3, 0.4) is 0 Å². The van der Waals surface area contributed by atoms with Gasteiger partial charge < -0.3 is 46.3 Å². The molecule has 5 aliphatic carbocycles. The first-order valence-electron chi connectivity index (χ1n) is 29.7. The lowest BCUT2D eigenvalue weighted by Crippen LogP contribution is -2.54. The van der Waals surface area contributed by atoms with Crippen LogP contribution in [0.4, 0.5) is 8.78 Å². The molecule has 444 valence electrons. The van der Waals surface area contributed by atoms with Gasteiger partial charge in [0.1, 0.15) is 23.4 Å². The summed E-state index contributed by atoms with van der Waals surface area (Å²) in [5, 5.41) is 43.4. The van der Waals surface area contributed by atoms with Gasteiger partial charge in [0.15, 0.2) is 17.4 Å². The Morgan fingerprint density at radius 3 is 2.18 bits per heavy atom. The lowest BCUT2D eigenvalue weighted by molar-refractivity contribution is -0.139.